The summed E-state index contributed by atoms with van der Waals surface area (Å²) in [6.07, 6.45) is 2.59. The number of likely N-dealkylation sites (tertiary alicyclic amines) is 1. The van der Waals surface area contributed by atoms with E-state index in [-0.39, 0.29) is 5.91 Å². The molecule has 0 N–H and O–H groups in total. The summed E-state index contributed by atoms with van der Waals surface area (Å²) in [4.78, 5) is 16.9. The van der Waals surface area contributed by atoms with Gasteiger partial charge in [-0.25, -0.2) is 0 Å². The molecule has 2 aromatic carbocycles. The largest absolute Gasteiger partial charge is 0.496 e. The van der Waals surface area contributed by atoms with Crippen LogP contribution in [0.25, 0.3) is 0 Å². The highest BCUT2D eigenvalue weighted by molar-refractivity contribution is 5.94. The average molecular weight is 338 g/mol. The minimum absolute atomic E-state index is 0.0265. The second kappa shape index (κ2) is 8.17. The lowest BCUT2D eigenvalue weighted by Crippen LogP contribution is -2.26. The number of methoxy groups -OCH3 is 1. The Balaban J connectivity index is 1.63. The van der Waals surface area contributed by atoms with Crippen molar-refractivity contribution in [1.29, 1.82) is 0 Å². The molecule has 0 spiro atoms. The van der Waals surface area contributed by atoms with Crippen LogP contribution in [0.3, 0.4) is 0 Å². The van der Waals surface area contributed by atoms with Gasteiger partial charge in [-0.15, -0.1) is 0 Å². The molecule has 1 aliphatic rings. The summed E-state index contributed by atoms with van der Waals surface area (Å²) in [6.45, 7) is 3.87. The maximum absolute atomic E-state index is 12.7. The van der Waals surface area contributed by atoms with Crippen molar-refractivity contribution in [3.05, 3.63) is 65.2 Å². The fourth-order valence-corrected chi connectivity index (χ4v) is 3.33. The van der Waals surface area contributed by atoms with Gasteiger partial charge < -0.3 is 9.64 Å². The van der Waals surface area contributed by atoms with Crippen LogP contribution in [-0.4, -0.2) is 43.0 Å². The Morgan fingerprint density at radius 3 is 2.44 bits per heavy atom. The molecule has 0 saturated carbocycles. The SMILES string of the molecule is COc1ccccc1CN(C)C(=O)c1ccc(CN2CCCC2)cc1. The van der Waals surface area contributed by atoms with Crippen LogP contribution < -0.4 is 4.74 Å². The van der Waals surface area contributed by atoms with E-state index in [0.717, 1.165) is 23.4 Å². The average Bonchev–Trinajstić information content (AvgIpc) is 3.15. The second-order valence-electron chi connectivity index (χ2n) is 6.65. The van der Waals surface area contributed by atoms with Crippen molar-refractivity contribution in [2.24, 2.45) is 0 Å². The molecule has 0 bridgehead atoms. The number of rotatable bonds is 6. The van der Waals surface area contributed by atoms with E-state index < -0.39 is 0 Å². The first-order valence-corrected chi connectivity index (χ1v) is 8.86. The van der Waals surface area contributed by atoms with Gasteiger partial charge in [0.1, 0.15) is 5.75 Å². The summed E-state index contributed by atoms with van der Waals surface area (Å²) in [5, 5.41) is 0. The molecule has 1 fully saturated rings. The Morgan fingerprint density at radius 2 is 1.76 bits per heavy atom. The van der Waals surface area contributed by atoms with Crippen molar-refractivity contribution in [2.75, 3.05) is 27.2 Å². The lowest BCUT2D eigenvalue weighted by atomic mass is 10.1. The zero-order valence-electron chi connectivity index (χ0n) is 15.1. The highest BCUT2D eigenvalue weighted by atomic mass is 16.5. The number of carbonyl (C=O) groups is 1. The number of amides is 1. The van der Waals surface area contributed by atoms with Gasteiger partial charge in [-0.2, -0.15) is 0 Å². The predicted octanol–water partition coefficient (Wildman–Crippen LogP) is 3.56. The number of para-hydroxylation sites is 1. The minimum Gasteiger partial charge on any atom is -0.496 e. The van der Waals surface area contributed by atoms with Crippen LogP contribution in [0.15, 0.2) is 48.5 Å². The smallest absolute Gasteiger partial charge is 0.253 e. The van der Waals surface area contributed by atoms with E-state index in [1.807, 2.05) is 43.4 Å². The summed E-state index contributed by atoms with van der Waals surface area (Å²) in [6, 6.07) is 15.8. The van der Waals surface area contributed by atoms with Crippen molar-refractivity contribution in [2.45, 2.75) is 25.9 Å². The molecular weight excluding hydrogens is 312 g/mol. The zero-order chi connectivity index (χ0) is 17.6. The lowest BCUT2D eigenvalue weighted by Gasteiger charge is -2.19. The van der Waals surface area contributed by atoms with Crippen LogP contribution in [0.5, 0.6) is 5.75 Å². The van der Waals surface area contributed by atoms with Crippen LogP contribution in [0.1, 0.15) is 34.3 Å². The second-order valence-corrected chi connectivity index (χ2v) is 6.65. The highest BCUT2D eigenvalue weighted by Crippen LogP contribution is 2.20. The van der Waals surface area contributed by atoms with Crippen molar-refractivity contribution >= 4 is 5.91 Å². The zero-order valence-corrected chi connectivity index (χ0v) is 15.1. The van der Waals surface area contributed by atoms with Gasteiger partial charge in [0.15, 0.2) is 0 Å². The molecule has 0 aromatic heterocycles. The van der Waals surface area contributed by atoms with Gasteiger partial charge in [-0.3, -0.25) is 9.69 Å². The molecule has 0 aliphatic carbocycles. The Kier molecular flexibility index (Phi) is 5.71. The molecule has 132 valence electrons. The molecule has 25 heavy (non-hydrogen) atoms. The van der Waals surface area contributed by atoms with Gasteiger partial charge in [-0.1, -0.05) is 30.3 Å². The van der Waals surface area contributed by atoms with Crippen LogP contribution in [-0.2, 0) is 13.1 Å². The third kappa shape index (κ3) is 4.40. The topological polar surface area (TPSA) is 32.8 Å². The number of benzene rings is 2. The minimum atomic E-state index is 0.0265. The van der Waals surface area contributed by atoms with E-state index in [1.54, 1.807) is 12.0 Å². The maximum Gasteiger partial charge on any atom is 0.253 e. The summed E-state index contributed by atoms with van der Waals surface area (Å²) < 4.78 is 5.37. The summed E-state index contributed by atoms with van der Waals surface area (Å²) in [5.74, 6) is 0.835. The van der Waals surface area contributed by atoms with E-state index in [4.69, 9.17) is 4.74 Å². The molecule has 1 amide bonds. The molecule has 0 radical (unpaired) electrons. The van der Waals surface area contributed by atoms with Crippen molar-refractivity contribution in [3.63, 3.8) is 0 Å². The fraction of sp³-hybridized carbons (Fsp3) is 0.381. The normalized spacial score (nSPS) is 14.5. The number of ether oxygens (including phenoxy) is 1. The van der Waals surface area contributed by atoms with Crippen molar-refractivity contribution in [1.82, 2.24) is 9.80 Å². The number of hydrogen-bond donors (Lipinski definition) is 0. The van der Waals surface area contributed by atoms with Gasteiger partial charge in [0.2, 0.25) is 0 Å². The lowest BCUT2D eigenvalue weighted by molar-refractivity contribution is 0.0784. The van der Waals surface area contributed by atoms with Gasteiger partial charge in [0, 0.05) is 31.3 Å². The molecule has 1 heterocycles. The van der Waals surface area contributed by atoms with E-state index in [0.29, 0.717) is 6.54 Å². The monoisotopic (exact) mass is 338 g/mol. The molecular formula is C21H26N2O2. The molecule has 1 aliphatic heterocycles. The van der Waals surface area contributed by atoms with Crippen LogP contribution in [0.2, 0.25) is 0 Å². The van der Waals surface area contributed by atoms with Crippen molar-refractivity contribution < 1.29 is 9.53 Å². The summed E-state index contributed by atoms with van der Waals surface area (Å²) >= 11 is 0. The van der Waals surface area contributed by atoms with Gasteiger partial charge >= 0.3 is 0 Å². The van der Waals surface area contributed by atoms with E-state index in [9.17, 15) is 4.79 Å². The first kappa shape index (κ1) is 17.5. The molecule has 3 rings (SSSR count). The molecule has 4 nitrogen and oxygen atoms in total. The Hall–Kier alpha value is -2.33. The molecule has 4 heteroatoms. The van der Waals surface area contributed by atoms with Gasteiger partial charge in [-0.05, 0) is 49.7 Å². The van der Waals surface area contributed by atoms with E-state index in [2.05, 4.69) is 17.0 Å². The predicted molar refractivity (Wildman–Crippen MR) is 99.7 cm³/mol. The van der Waals surface area contributed by atoms with E-state index in [1.165, 1.54) is 31.5 Å². The first-order chi connectivity index (χ1) is 12.2. The maximum atomic E-state index is 12.7. The quantitative estimate of drug-likeness (QED) is 0.807. The molecule has 1 saturated heterocycles. The van der Waals surface area contributed by atoms with Gasteiger partial charge in [0.05, 0.1) is 7.11 Å². The highest BCUT2D eigenvalue weighted by Gasteiger charge is 2.15. The molecule has 0 atom stereocenters. The third-order valence-electron chi connectivity index (χ3n) is 4.75. The summed E-state index contributed by atoms with van der Waals surface area (Å²) in [5.41, 5.74) is 3.00. The first-order valence-electron chi connectivity index (χ1n) is 8.86. The van der Waals surface area contributed by atoms with E-state index >= 15 is 0 Å². The fourth-order valence-electron chi connectivity index (χ4n) is 3.33. The number of carbonyl (C=O) groups excluding carboxylic acids is 1. The van der Waals surface area contributed by atoms with Crippen LogP contribution in [0.4, 0.5) is 0 Å². The van der Waals surface area contributed by atoms with Crippen molar-refractivity contribution in [3.8, 4) is 5.75 Å². The molecule has 2 aromatic rings. The Morgan fingerprint density at radius 1 is 1.08 bits per heavy atom. The van der Waals surface area contributed by atoms with Crippen LogP contribution in [0, 0.1) is 0 Å². The van der Waals surface area contributed by atoms with Crippen LogP contribution >= 0.6 is 0 Å². The standard InChI is InChI=1S/C21H26N2O2/c1-22(16-19-7-3-4-8-20(19)25-2)21(24)18-11-9-17(10-12-18)15-23-13-5-6-14-23/h3-4,7-12H,5-6,13-16H2,1-2H3. The number of nitrogens with zero attached hydrogens (tertiary/aromatic N) is 2. The Labute approximate surface area is 150 Å². The molecule has 0 unspecified atom stereocenters. The third-order valence-corrected chi connectivity index (χ3v) is 4.75. The Bertz CT molecular complexity index is 706. The van der Waals surface area contributed by atoms with Gasteiger partial charge in [0.25, 0.3) is 5.91 Å². The number of hydrogen-bond acceptors (Lipinski definition) is 3. The summed E-state index contributed by atoms with van der Waals surface area (Å²) in [7, 11) is 3.48.